The average Bonchev–Trinajstić information content (AvgIpc) is 3.32. The molecule has 0 aliphatic rings. The van der Waals surface area contributed by atoms with Crippen LogP contribution in [0.1, 0.15) is 12.5 Å². The molecule has 3 amide bonds. The summed E-state index contributed by atoms with van der Waals surface area (Å²) in [5, 5.41) is 12.2. The molecule has 1 atom stereocenters. The molecule has 8 nitrogen and oxygen atoms in total. The van der Waals surface area contributed by atoms with Gasteiger partial charge < -0.3 is 14.2 Å². The number of benzene rings is 1. The van der Waals surface area contributed by atoms with Gasteiger partial charge in [-0.15, -0.1) is 10.2 Å². The lowest BCUT2D eigenvalue weighted by atomic mass is 10.2. The van der Waals surface area contributed by atoms with E-state index in [-0.39, 0.29) is 11.1 Å². The van der Waals surface area contributed by atoms with E-state index in [9.17, 15) is 9.59 Å². The van der Waals surface area contributed by atoms with Gasteiger partial charge in [-0.05, 0) is 24.6 Å². The van der Waals surface area contributed by atoms with Crippen LogP contribution in [0.3, 0.4) is 0 Å². The Hall–Kier alpha value is -3.07. The number of hydrogen-bond donors (Lipinski definition) is 2. The minimum Gasteiger partial charge on any atom is -0.459 e. The third-order valence-corrected chi connectivity index (χ3v) is 4.25. The minimum absolute atomic E-state index is 0.212. The lowest BCUT2D eigenvalue weighted by Crippen LogP contribution is -2.42. The van der Waals surface area contributed by atoms with Crippen molar-refractivity contribution in [1.82, 2.24) is 20.8 Å². The van der Waals surface area contributed by atoms with Crippen LogP contribution in [0.15, 0.2) is 62.8 Å². The summed E-state index contributed by atoms with van der Waals surface area (Å²) in [6, 6.07) is 12.2. The van der Waals surface area contributed by atoms with Crippen molar-refractivity contribution in [3.8, 4) is 11.7 Å². The van der Waals surface area contributed by atoms with E-state index < -0.39 is 17.2 Å². The zero-order valence-corrected chi connectivity index (χ0v) is 14.7. The summed E-state index contributed by atoms with van der Waals surface area (Å²) in [5.74, 6) is 0.214. The molecule has 1 aromatic carbocycles. The maximum absolute atomic E-state index is 12.1. The van der Waals surface area contributed by atoms with Crippen LogP contribution in [-0.2, 0) is 11.3 Å². The fraction of sp³-hybridized carbons (Fsp3) is 0.176. The van der Waals surface area contributed by atoms with Crippen LogP contribution < -0.4 is 10.6 Å². The second-order valence-corrected chi connectivity index (χ2v) is 6.56. The van der Waals surface area contributed by atoms with Crippen molar-refractivity contribution in [3.63, 3.8) is 0 Å². The van der Waals surface area contributed by atoms with E-state index in [1.54, 1.807) is 19.1 Å². The summed E-state index contributed by atoms with van der Waals surface area (Å²) in [6.45, 7) is 1.97. The zero-order valence-electron chi connectivity index (χ0n) is 13.8. The van der Waals surface area contributed by atoms with Gasteiger partial charge in [0.25, 0.3) is 11.1 Å². The van der Waals surface area contributed by atoms with E-state index in [1.165, 1.54) is 6.26 Å². The lowest BCUT2D eigenvalue weighted by Gasteiger charge is -2.10. The zero-order chi connectivity index (χ0) is 18.4. The van der Waals surface area contributed by atoms with Crippen molar-refractivity contribution in [3.05, 3.63) is 54.3 Å². The van der Waals surface area contributed by atoms with Crippen LogP contribution in [0, 0.1) is 0 Å². The number of furan rings is 1. The third kappa shape index (κ3) is 4.73. The lowest BCUT2D eigenvalue weighted by molar-refractivity contribution is -0.119. The van der Waals surface area contributed by atoms with E-state index in [1.807, 2.05) is 30.3 Å². The highest BCUT2D eigenvalue weighted by Crippen LogP contribution is 2.26. The summed E-state index contributed by atoms with van der Waals surface area (Å²) >= 11 is 1.05. The van der Waals surface area contributed by atoms with Crippen molar-refractivity contribution < 1.29 is 18.4 Å². The third-order valence-electron chi connectivity index (χ3n) is 3.32. The van der Waals surface area contributed by atoms with Gasteiger partial charge in [0.2, 0.25) is 5.91 Å². The Kier molecular flexibility index (Phi) is 5.69. The summed E-state index contributed by atoms with van der Waals surface area (Å²) in [4.78, 5) is 23.9. The summed E-state index contributed by atoms with van der Waals surface area (Å²) < 4.78 is 10.6. The Labute approximate surface area is 153 Å². The van der Waals surface area contributed by atoms with Gasteiger partial charge in [0.1, 0.15) is 0 Å². The highest BCUT2D eigenvalue weighted by Gasteiger charge is 2.21. The predicted octanol–water partition coefficient (Wildman–Crippen LogP) is 2.84. The number of nitrogens with one attached hydrogen (secondary N) is 2. The van der Waals surface area contributed by atoms with Gasteiger partial charge in [0.05, 0.1) is 11.5 Å². The van der Waals surface area contributed by atoms with Gasteiger partial charge >= 0.3 is 6.03 Å². The van der Waals surface area contributed by atoms with Gasteiger partial charge in [-0.3, -0.25) is 10.1 Å². The number of urea groups is 1. The average molecular weight is 372 g/mol. The fourth-order valence-corrected chi connectivity index (χ4v) is 2.68. The molecule has 0 aliphatic carbocycles. The number of thioether (sulfide) groups is 1. The van der Waals surface area contributed by atoms with Gasteiger partial charge in [-0.2, -0.15) is 0 Å². The maximum Gasteiger partial charge on any atom is 0.321 e. The number of carbonyl (C=O) groups excluding carboxylic acids is 2. The SMILES string of the molecule is C[C@H](Sc1nnc(-c2ccco2)o1)C(=O)NC(=O)NCc1ccccc1. The molecule has 0 saturated carbocycles. The van der Waals surface area contributed by atoms with E-state index in [2.05, 4.69) is 20.8 Å². The molecule has 0 saturated heterocycles. The standard InChI is InChI=1S/C17H16N4O4S/c1-11(26-17-21-20-15(25-17)13-8-5-9-24-13)14(22)19-16(23)18-10-12-6-3-2-4-7-12/h2-9,11H,10H2,1H3,(H2,18,19,22,23)/t11-/m0/s1. The second-order valence-electron chi connectivity index (χ2n) is 5.27. The van der Waals surface area contributed by atoms with E-state index >= 15 is 0 Å². The molecule has 0 aliphatic heterocycles. The number of imide groups is 1. The molecule has 0 fully saturated rings. The van der Waals surface area contributed by atoms with Gasteiger partial charge in [0, 0.05) is 6.54 Å². The number of aromatic nitrogens is 2. The van der Waals surface area contributed by atoms with E-state index in [4.69, 9.17) is 8.83 Å². The first-order chi connectivity index (χ1) is 12.6. The Bertz CT molecular complexity index is 864. The highest BCUT2D eigenvalue weighted by atomic mass is 32.2. The molecule has 3 aromatic rings. The Morgan fingerprint density at radius 3 is 2.69 bits per heavy atom. The van der Waals surface area contributed by atoms with Gasteiger partial charge in [-0.25, -0.2) is 4.79 Å². The maximum atomic E-state index is 12.1. The molecule has 0 bridgehead atoms. The van der Waals surface area contributed by atoms with Crippen molar-refractivity contribution in [2.75, 3.05) is 0 Å². The number of rotatable bonds is 6. The molecule has 134 valence electrons. The van der Waals surface area contributed by atoms with Crippen molar-refractivity contribution >= 4 is 23.7 Å². The number of amides is 3. The Morgan fingerprint density at radius 2 is 1.96 bits per heavy atom. The molecule has 0 radical (unpaired) electrons. The summed E-state index contributed by atoms with van der Waals surface area (Å²) in [7, 11) is 0. The minimum atomic E-state index is -0.595. The van der Waals surface area contributed by atoms with Crippen LogP contribution in [-0.4, -0.2) is 27.4 Å². The normalized spacial score (nSPS) is 11.7. The molecule has 2 heterocycles. The van der Waals surface area contributed by atoms with Crippen LogP contribution in [0.5, 0.6) is 0 Å². The molecule has 2 aromatic heterocycles. The molecule has 0 unspecified atom stereocenters. The van der Waals surface area contributed by atoms with Crippen LogP contribution >= 0.6 is 11.8 Å². The van der Waals surface area contributed by atoms with Crippen LogP contribution in [0.2, 0.25) is 0 Å². The van der Waals surface area contributed by atoms with E-state index in [0.717, 1.165) is 17.3 Å². The number of hydrogen-bond acceptors (Lipinski definition) is 7. The fourth-order valence-electron chi connectivity index (χ4n) is 2.00. The molecular weight excluding hydrogens is 356 g/mol. The molecular formula is C17H16N4O4S. The predicted molar refractivity (Wildman–Crippen MR) is 94.1 cm³/mol. The van der Waals surface area contributed by atoms with Crippen molar-refractivity contribution in [2.24, 2.45) is 0 Å². The van der Waals surface area contributed by atoms with Gasteiger partial charge in [0.15, 0.2) is 5.76 Å². The largest absolute Gasteiger partial charge is 0.459 e. The first-order valence-corrected chi connectivity index (χ1v) is 8.66. The van der Waals surface area contributed by atoms with Gasteiger partial charge in [-0.1, -0.05) is 42.1 Å². The first kappa shape index (κ1) is 17.7. The Morgan fingerprint density at radius 1 is 1.15 bits per heavy atom. The van der Waals surface area contributed by atoms with Crippen molar-refractivity contribution in [2.45, 2.75) is 23.9 Å². The quantitative estimate of drug-likeness (QED) is 0.640. The molecule has 3 rings (SSSR count). The Balaban J connectivity index is 1.47. The van der Waals surface area contributed by atoms with Crippen LogP contribution in [0.25, 0.3) is 11.7 Å². The highest BCUT2D eigenvalue weighted by molar-refractivity contribution is 8.00. The molecule has 0 spiro atoms. The number of nitrogens with zero attached hydrogens (tertiary/aromatic N) is 2. The van der Waals surface area contributed by atoms with Crippen molar-refractivity contribution in [1.29, 1.82) is 0 Å². The summed E-state index contributed by atoms with van der Waals surface area (Å²) in [6.07, 6.45) is 1.50. The first-order valence-electron chi connectivity index (χ1n) is 7.78. The molecule has 2 N–H and O–H groups in total. The molecule has 9 heteroatoms. The smallest absolute Gasteiger partial charge is 0.321 e. The van der Waals surface area contributed by atoms with Crippen LogP contribution in [0.4, 0.5) is 4.79 Å². The van der Waals surface area contributed by atoms with E-state index in [0.29, 0.717) is 12.3 Å². The monoisotopic (exact) mass is 372 g/mol. The second kappa shape index (κ2) is 8.34. The molecule has 26 heavy (non-hydrogen) atoms. The number of carbonyl (C=O) groups is 2. The summed E-state index contributed by atoms with van der Waals surface area (Å²) in [5.41, 5.74) is 0.939. The topological polar surface area (TPSA) is 110 Å².